The van der Waals surface area contributed by atoms with Crippen LogP contribution in [0.1, 0.15) is 52.9 Å². The average molecular weight is 379 g/mol. The van der Waals surface area contributed by atoms with Gasteiger partial charge in [-0.15, -0.1) is 0 Å². The Hall–Kier alpha value is -0.720. The molecule has 4 aliphatic rings. The first-order valence-electron chi connectivity index (χ1n) is 10.3. The van der Waals surface area contributed by atoms with Crippen molar-refractivity contribution in [3.8, 4) is 0 Å². The van der Waals surface area contributed by atoms with Crippen LogP contribution in [0.5, 0.6) is 0 Å². The zero-order valence-electron chi connectivity index (χ0n) is 16.7. The van der Waals surface area contributed by atoms with Crippen molar-refractivity contribution in [3.05, 3.63) is 23.8 Å². The van der Waals surface area contributed by atoms with Crippen LogP contribution in [0.3, 0.4) is 0 Å². The number of hydrogen-bond acceptors (Lipinski definition) is 5. The van der Waals surface area contributed by atoms with E-state index in [1.165, 1.54) is 5.57 Å². The number of fused-ring (bicyclic) bond motifs is 2. The van der Waals surface area contributed by atoms with Gasteiger partial charge in [0.15, 0.2) is 0 Å². The van der Waals surface area contributed by atoms with E-state index in [2.05, 4.69) is 33.4 Å². The highest BCUT2D eigenvalue weighted by atomic mass is 16.6. The zero-order chi connectivity index (χ0) is 19.8. The summed E-state index contributed by atoms with van der Waals surface area (Å²) >= 11 is 0. The second kappa shape index (κ2) is 6.14. The van der Waals surface area contributed by atoms with E-state index in [4.69, 9.17) is 4.74 Å². The molecule has 0 aromatic heterocycles. The summed E-state index contributed by atoms with van der Waals surface area (Å²) in [6, 6.07) is 0. The third-order valence-electron chi connectivity index (χ3n) is 8.62. The van der Waals surface area contributed by atoms with Gasteiger partial charge in [-0.2, -0.15) is 0 Å². The van der Waals surface area contributed by atoms with Gasteiger partial charge in [-0.1, -0.05) is 38.5 Å². The summed E-state index contributed by atoms with van der Waals surface area (Å²) in [6.07, 6.45) is 3.37. The van der Waals surface area contributed by atoms with Gasteiger partial charge in [-0.3, -0.25) is 0 Å². The van der Waals surface area contributed by atoms with E-state index in [0.29, 0.717) is 12.3 Å². The maximum absolute atomic E-state index is 10.8. The molecule has 1 aliphatic heterocycles. The predicted molar refractivity (Wildman–Crippen MR) is 102 cm³/mol. The first-order chi connectivity index (χ1) is 12.6. The first kappa shape index (κ1) is 19.6. The Morgan fingerprint density at radius 1 is 1.19 bits per heavy atom. The van der Waals surface area contributed by atoms with E-state index in [0.717, 1.165) is 25.7 Å². The fourth-order valence-corrected chi connectivity index (χ4v) is 6.75. The minimum atomic E-state index is -1.16. The molecule has 0 aromatic carbocycles. The monoisotopic (exact) mass is 378 g/mol. The SMILES string of the molecule is C=C1[C@@H](O)[C@@H]2O[C@@]2(C[C@@H]2C(C)=CC[C@@H]3[C@](C)(CO)CCC[C@]23C)[C@@H](O)[C@H]1O. The molecule has 0 aromatic rings. The van der Waals surface area contributed by atoms with Crippen LogP contribution >= 0.6 is 0 Å². The molecule has 4 rings (SSSR count). The van der Waals surface area contributed by atoms with E-state index in [1.54, 1.807) is 0 Å². The summed E-state index contributed by atoms with van der Waals surface area (Å²) in [5, 5.41) is 41.6. The lowest BCUT2D eigenvalue weighted by Crippen LogP contribution is -2.56. The topological polar surface area (TPSA) is 93.5 Å². The Morgan fingerprint density at radius 2 is 1.89 bits per heavy atom. The van der Waals surface area contributed by atoms with Crippen LogP contribution in [0.25, 0.3) is 0 Å². The molecular formula is C22H34O5. The van der Waals surface area contributed by atoms with Crippen molar-refractivity contribution in [2.24, 2.45) is 22.7 Å². The van der Waals surface area contributed by atoms with Crippen molar-refractivity contribution in [1.29, 1.82) is 0 Å². The number of rotatable bonds is 3. The molecule has 0 bridgehead atoms. The van der Waals surface area contributed by atoms with E-state index in [-0.39, 0.29) is 28.9 Å². The first-order valence-corrected chi connectivity index (χ1v) is 10.3. The Balaban J connectivity index is 1.67. The summed E-state index contributed by atoms with van der Waals surface area (Å²) in [7, 11) is 0. The van der Waals surface area contributed by atoms with Crippen LogP contribution in [0, 0.1) is 22.7 Å². The fourth-order valence-electron chi connectivity index (χ4n) is 6.75. The molecule has 4 N–H and O–H groups in total. The molecule has 27 heavy (non-hydrogen) atoms. The lowest BCUT2D eigenvalue weighted by Gasteiger charge is -2.58. The van der Waals surface area contributed by atoms with Gasteiger partial charge >= 0.3 is 0 Å². The molecule has 0 amide bonds. The maximum Gasteiger partial charge on any atom is 0.127 e. The van der Waals surface area contributed by atoms with Gasteiger partial charge in [-0.25, -0.2) is 0 Å². The van der Waals surface area contributed by atoms with Gasteiger partial charge < -0.3 is 25.2 Å². The van der Waals surface area contributed by atoms with E-state index < -0.39 is 30.0 Å². The molecule has 5 heteroatoms. The Kier molecular flexibility index (Phi) is 4.45. The van der Waals surface area contributed by atoms with Crippen molar-refractivity contribution in [3.63, 3.8) is 0 Å². The smallest absolute Gasteiger partial charge is 0.127 e. The number of ether oxygens (including phenoxy) is 1. The number of hydrogen-bond donors (Lipinski definition) is 4. The van der Waals surface area contributed by atoms with Gasteiger partial charge in [0.1, 0.15) is 30.0 Å². The summed E-state index contributed by atoms with van der Waals surface area (Å²) in [6.45, 7) is 10.6. The largest absolute Gasteiger partial charge is 0.396 e. The lowest BCUT2D eigenvalue weighted by atomic mass is 9.47. The third kappa shape index (κ3) is 2.55. The van der Waals surface area contributed by atoms with Crippen LogP contribution < -0.4 is 0 Å². The van der Waals surface area contributed by atoms with Crippen LogP contribution in [0.4, 0.5) is 0 Å². The number of allylic oxidation sites excluding steroid dienone is 2. The predicted octanol–water partition coefficient (Wildman–Crippen LogP) is 1.94. The van der Waals surface area contributed by atoms with Gasteiger partial charge in [0, 0.05) is 6.61 Å². The molecule has 1 saturated heterocycles. The van der Waals surface area contributed by atoms with E-state index in [9.17, 15) is 20.4 Å². The summed E-state index contributed by atoms with van der Waals surface area (Å²) < 4.78 is 5.89. The minimum Gasteiger partial charge on any atom is -0.396 e. The minimum absolute atomic E-state index is 0.00386. The molecule has 152 valence electrons. The van der Waals surface area contributed by atoms with Crippen LogP contribution in [0.15, 0.2) is 23.8 Å². The van der Waals surface area contributed by atoms with E-state index >= 15 is 0 Å². The summed E-state index contributed by atoms with van der Waals surface area (Å²) in [5.41, 5.74) is 0.538. The van der Waals surface area contributed by atoms with Crippen molar-refractivity contribution in [1.82, 2.24) is 0 Å². The second-order valence-electron chi connectivity index (χ2n) is 10.1. The zero-order valence-corrected chi connectivity index (χ0v) is 16.7. The average Bonchev–Trinajstić information content (AvgIpc) is 3.37. The van der Waals surface area contributed by atoms with Gasteiger partial charge in [-0.05, 0) is 60.8 Å². The number of aliphatic hydroxyl groups is 4. The molecule has 9 atom stereocenters. The van der Waals surface area contributed by atoms with Crippen LogP contribution in [0.2, 0.25) is 0 Å². The molecule has 1 heterocycles. The van der Waals surface area contributed by atoms with Crippen molar-refractivity contribution in [2.45, 2.75) is 82.9 Å². The normalized spacial score (nSPS) is 54.8. The molecule has 0 spiro atoms. The molecular weight excluding hydrogens is 344 g/mol. The molecule has 5 nitrogen and oxygen atoms in total. The van der Waals surface area contributed by atoms with Gasteiger partial charge in [0.2, 0.25) is 0 Å². The Labute approximate surface area is 161 Å². The van der Waals surface area contributed by atoms with Crippen molar-refractivity contribution < 1.29 is 25.2 Å². The van der Waals surface area contributed by atoms with Crippen molar-refractivity contribution >= 4 is 0 Å². The maximum atomic E-state index is 10.8. The fraction of sp³-hybridized carbons (Fsp3) is 0.818. The molecule has 3 fully saturated rings. The highest BCUT2D eigenvalue weighted by molar-refractivity contribution is 5.32. The molecule has 2 saturated carbocycles. The Bertz CT molecular complexity index is 674. The third-order valence-corrected chi connectivity index (χ3v) is 8.62. The summed E-state index contributed by atoms with van der Waals surface area (Å²) in [4.78, 5) is 0. The highest BCUT2D eigenvalue weighted by Gasteiger charge is 2.71. The van der Waals surface area contributed by atoms with Crippen molar-refractivity contribution in [2.75, 3.05) is 6.61 Å². The van der Waals surface area contributed by atoms with Gasteiger partial charge in [0.05, 0.1) is 0 Å². The Morgan fingerprint density at radius 3 is 2.56 bits per heavy atom. The molecule has 0 unspecified atom stereocenters. The van der Waals surface area contributed by atoms with Crippen LogP contribution in [-0.2, 0) is 4.74 Å². The second-order valence-corrected chi connectivity index (χ2v) is 10.1. The number of epoxide rings is 1. The molecule has 3 aliphatic carbocycles. The van der Waals surface area contributed by atoms with E-state index in [1.807, 2.05) is 0 Å². The molecule has 0 radical (unpaired) electrons. The number of aliphatic hydroxyl groups excluding tert-OH is 4. The van der Waals surface area contributed by atoms with Gasteiger partial charge in [0.25, 0.3) is 0 Å². The highest BCUT2D eigenvalue weighted by Crippen LogP contribution is 2.63. The standard InChI is InChI=1S/C22H34O5/c1-12-6-7-15-20(3,11-23)8-5-9-21(15,4)14(12)10-22-18(26)16(24)13(2)17(25)19(22)27-22/h6,14-19,23-26H,2,5,7-11H2,1,3-4H3/t14-,15-,16+,17-,18+,19+,20+,21-,22+/m1/s1. The van der Waals surface area contributed by atoms with Crippen LogP contribution in [-0.4, -0.2) is 57.0 Å². The quantitative estimate of drug-likeness (QED) is 0.445. The lowest BCUT2D eigenvalue weighted by molar-refractivity contribution is -0.0896. The summed E-state index contributed by atoms with van der Waals surface area (Å²) in [5.74, 6) is 0.560.